The van der Waals surface area contributed by atoms with Crippen molar-refractivity contribution in [2.75, 3.05) is 5.32 Å². The maximum Gasteiger partial charge on any atom is 0.193 e. The van der Waals surface area contributed by atoms with E-state index in [1.165, 1.54) is 65.8 Å². The Bertz CT molecular complexity index is 1020. The first-order chi connectivity index (χ1) is 16.3. The molecule has 6 nitrogen and oxygen atoms in total. The van der Waals surface area contributed by atoms with Crippen LogP contribution in [-0.2, 0) is 35.3 Å². The summed E-state index contributed by atoms with van der Waals surface area (Å²) in [5.74, 6) is 6.18. The lowest BCUT2D eigenvalue weighted by molar-refractivity contribution is -0.0987. The summed E-state index contributed by atoms with van der Waals surface area (Å²) in [4.78, 5) is 20.6. The predicted octanol–water partition coefficient (Wildman–Crippen LogP) is 4.21. The van der Waals surface area contributed by atoms with Gasteiger partial charge in [0.05, 0.1) is 0 Å². The summed E-state index contributed by atoms with van der Waals surface area (Å²) in [6.45, 7) is 8.00. The van der Waals surface area contributed by atoms with Gasteiger partial charge >= 0.3 is 0 Å². The summed E-state index contributed by atoms with van der Waals surface area (Å²) in [5, 5.41) is 3.59. The van der Waals surface area contributed by atoms with Gasteiger partial charge in [0.1, 0.15) is 19.4 Å². The zero-order chi connectivity index (χ0) is 24.2. The molecule has 1 heterocycles. The van der Waals surface area contributed by atoms with E-state index in [0.29, 0.717) is 11.4 Å². The van der Waals surface area contributed by atoms with E-state index in [9.17, 15) is 4.39 Å². The second kappa shape index (κ2) is 13.1. The molecule has 2 aromatic rings. The molecule has 0 radical (unpaired) electrons. The van der Waals surface area contributed by atoms with Crippen LogP contribution in [0.25, 0.3) is 0 Å². The molecule has 2 aromatic carbocycles. The summed E-state index contributed by atoms with van der Waals surface area (Å²) in [7, 11) is 0. The molecule has 3 aliphatic rings. The molecule has 3 N–H and O–H groups in total. The highest BCUT2D eigenvalue weighted by molar-refractivity contribution is 5.99. The van der Waals surface area contributed by atoms with Gasteiger partial charge in [-0.2, -0.15) is 5.43 Å². The zero-order valence-corrected chi connectivity index (χ0v) is 19.3. The summed E-state index contributed by atoms with van der Waals surface area (Å²) in [5.41, 5.74) is 14.0. The van der Waals surface area contributed by atoms with Crippen molar-refractivity contribution in [2.45, 2.75) is 58.7 Å². The lowest BCUT2D eigenvalue weighted by Crippen LogP contribution is -2.39. The third-order valence-electron chi connectivity index (χ3n) is 5.49. The van der Waals surface area contributed by atoms with E-state index in [1.54, 1.807) is 12.1 Å². The second-order valence-electron chi connectivity index (χ2n) is 7.29. The number of rotatable bonds is 2. The topological polar surface area (TPSA) is 82.6 Å². The Hall–Kier alpha value is -3.50. The number of carbonyl (C=O) groups is 2. The van der Waals surface area contributed by atoms with Crippen LogP contribution in [0.3, 0.4) is 0 Å². The normalized spacial score (nSPS) is 16.5. The number of halogens is 1. The molecule has 0 saturated carbocycles. The summed E-state index contributed by atoms with van der Waals surface area (Å²) >= 11 is 0. The number of nitrogens with one attached hydrogen (secondary N) is 3. The maximum atomic E-state index is 13.3. The van der Waals surface area contributed by atoms with Gasteiger partial charge in [-0.25, -0.2) is 9.38 Å². The molecule has 5 rings (SSSR count). The molecule has 1 aliphatic heterocycles. The fourth-order valence-corrected chi connectivity index (χ4v) is 4.29. The lowest BCUT2D eigenvalue weighted by Gasteiger charge is -2.19. The minimum Gasteiger partial charge on any atom is -0.350 e. The molecule has 2 aliphatic carbocycles. The molecular formula is C26H35FN4O2. The molecule has 1 unspecified atom stereocenters. The van der Waals surface area contributed by atoms with Gasteiger partial charge < -0.3 is 14.9 Å². The Morgan fingerprint density at radius 3 is 2.24 bits per heavy atom. The summed E-state index contributed by atoms with van der Waals surface area (Å²) in [6.07, 6.45) is 6.86. The average molecular weight is 455 g/mol. The molecule has 0 saturated heterocycles. The first kappa shape index (κ1) is 25.8. The molecule has 1 atom stereocenters. The molecule has 0 aromatic heterocycles. The van der Waals surface area contributed by atoms with E-state index in [4.69, 9.17) is 9.59 Å². The Kier molecular flexibility index (Phi) is 10.3. The molecule has 178 valence electrons. The third kappa shape index (κ3) is 6.27. The van der Waals surface area contributed by atoms with Crippen molar-refractivity contribution >= 4 is 25.1 Å². The van der Waals surface area contributed by atoms with Crippen molar-refractivity contribution in [3.05, 3.63) is 64.0 Å². The fourth-order valence-electron chi connectivity index (χ4n) is 4.29. The highest BCUT2D eigenvalue weighted by Crippen LogP contribution is 2.38. The number of fused-ring (bicyclic) bond motifs is 2. The lowest BCUT2D eigenvalue weighted by atomic mass is 9.99. The minimum absolute atomic E-state index is 0. The highest BCUT2D eigenvalue weighted by Gasteiger charge is 2.26. The van der Waals surface area contributed by atoms with Gasteiger partial charge in [0.2, 0.25) is 0 Å². The van der Waals surface area contributed by atoms with Crippen LogP contribution in [0, 0.1) is 17.7 Å². The predicted molar refractivity (Wildman–Crippen MR) is 135 cm³/mol. The van der Waals surface area contributed by atoms with Crippen molar-refractivity contribution in [1.82, 2.24) is 10.9 Å². The van der Waals surface area contributed by atoms with Crippen LogP contribution in [0.1, 0.15) is 57.4 Å². The number of anilines is 1. The van der Waals surface area contributed by atoms with Gasteiger partial charge in [-0.15, -0.1) is 0 Å². The number of aryl methyl sites for hydroxylation is 2. The fraction of sp³-hybridized carbons (Fsp3) is 0.346. The number of benzene rings is 2. The first-order valence-corrected chi connectivity index (χ1v) is 11.1. The largest absolute Gasteiger partial charge is 0.350 e. The molecule has 0 spiro atoms. The van der Waals surface area contributed by atoms with E-state index in [2.05, 4.69) is 39.1 Å². The SMILES string of the molecule is C=O.C=O.CC.Fc1cccc(C#CC2=NC(Nc3c4c(cc5c3CCC5)CCC4)NN2)c1.[HH].[HH]. The van der Waals surface area contributed by atoms with Crippen LogP contribution in [0.4, 0.5) is 10.1 Å². The Balaban J connectivity index is 0.00000135. The van der Waals surface area contributed by atoms with E-state index in [1.807, 2.05) is 27.4 Å². The van der Waals surface area contributed by atoms with E-state index >= 15 is 0 Å². The van der Waals surface area contributed by atoms with Crippen LogP contribution < -0.4 is 16.2 Å². The standard InChI is InChI=1S/C22H21FN4.C2H6.2CH2O.2H2/c23-17-7-1-4-14(12-17)10-11-20-24-22(27-26-20)25-21-18-8-2-5-15(18)13-16-6-3-9-19(16)21;3*1-2;;/h1,4,7,12-13,22,25,27H,2-3,5-6,8-9H2,(H,24,26);1-2H3;2*1H2;2*1H. The number of carbonyl (C=O) groups excluding carboxylic acids is 2. The number of hydrogen-bond donors (Lipinski definition) is 3. The molecule has 0 fully saturated rings. The summed E-state index contributed by atoms with van der Waals surface area (Å²) in [6, 6.07) is 8.69. The number of aliphatic imine (C=N–C) groups is 1. The van der Waals surface area contributed by atoms with Crippen LogP contribution in [0.15, 0.2) is 35.3 Å². The number of hydrogen-bond acceptors (Lipinski definition) is 6. The Morgan fingerprint density at radius 1 is 1.00 bits per heavy atom. The van der Waals surface area contributed by atoms with Crippen LogP contribution in [-0.4, -0.2) is 25.7 Å². The van der Waals surface area contributed by atoms with Crippen molar-refractivity contribution in [2.24, 2.45) is 4.99 Å². The molecule has 0 amide bonds. The maximum absolute atomic E-state index is 13.3. The van der Waals surface area contributed by atoms with Crippen molar-refractivity contribution in [3.63, 3.8) is 0 Å². The van der Waals surface area contributed by atoms with Gasteiger partial charge in [-0.3, -0.25) is 5.43 Å². The van der Waals surface area contributed by atoms with Crippen LogP contribution in [0.2, 0.25) is 0 Å². The number of hydrazine groups is 1. The van der Waals surface area contributed by atoms with Crippen LogP contribution in [0.5, 0.6) is 0 Å². The monoisotopic (exact) mass is 454 g/mol. The molecule has 33 heavy (non-hydrogen) atoms. The smallest absolute Gasteiger partial charge is 0.193 e. The van der Waals surface area contributed by atoms with Crippen molar-refractivity contribution < 1.29 is 16.8 Å². The van der Waals surface area contributed by atoms with E-state index in [0.717, 1.165) is 12.8 Å². The number of amidine groups is 1. The zero-order valence-electron chi connectivity index (χ0n) is 19.3. The van der Waals surface area contributed by atoms with Gasteiger partial charge in [-0.1, -0.05) is 31.9 Å². The van der Waals surface area contributed by atoms with E-state index in [-0.39, 0.29) is 15.0 Å². The first-order valence-electron chi connectivity index (χ1n) is 11.1. The average Bonchev–Trinajstić information content (AvgIpc) is 3.63. The summed E-state index contributed by atoms with van der Waals surface area (Å²) < 4.78 is 13.3. The van der Waals surface area contributed by atoms with Gasteiger partial charge in [0.25, 0.3) is 0 Å². The number of nitrogens with zero attached hydrogens (tertiary/aromatic N) is 1. The highest BCUT2D eigenvalue weighted by atomic mass is 19.1. The Morgan fingerprint density at radius 2 is 1.64 bits per heavy atom. The third-order valence-corrected chi connectivity index (χ3v) is 5.49. The molecular weight excluding hydrogens is 419 g/mol. The van der Waals surface area contributed by atoms with Crippen molar-refractivity contribution in [1.29, 1.82) is 0 Å². The van der Waals surface area contributed by atoms with E-state index < -0.39 is 0 Å². The van der Waals surface area contributed by atoms with Crippen molar-refractivity contribution in [3.8, 4) is 11.8 Å². The minimum atomic E-state index is -0.285. The quantitative estimate of drug-likeness (QED) is 0.593. The Labute approximate surface area is 198 Å². The molecule has 7 heteroatoms. The van der Waals surface area contributed by atoms with Gasteiger partial charge in [-0.05, 0) is 84.9 Å². The molecule has 0 bridgehead atoms. The second-order valence-corrected chi connectivity index (χ2v) is 7.29. The van der Waals surface area contributed by atoms with Gasteiger partial charge in [0.15, 0.2) is 12.1 Å². The van der Waals surface area contributed by atoms with Crippen LogP contribution >= 0.6 is 0 Å². The van der Waals surface area contributed by atoms with Gasteiger partial charge in [0, 0.05) is 14.1 Å².